The first-order valence-corrected chi connectivity index (χ1v) is 9.76. The van der Waals surface area contributed by atoms with Crippen LogP contribution in [0.2, 0.25) is 0 Å². The van der Waals surface area contributed by atoms with E-state index in [9.17, 15) is 9.18 Å². The predicted octanol–water partition coefficient (Wildman–Crippen LogP) is 4.71. The Kier molecular flexibility index (Phi) is 5.22. The maximum absolute atomic E-state index is 13.2. The van der Waals surface area contributed by atoms with Crippen LogP contribution in [0, 0.1) is 22.6 Å². The third-order valence-electron chi connectivity index (χ3n) is 4.90. The van der Waals surface area contributed by atoms with Crippen molar-refractivity contribution in [2.75, 3.05) is 6.54 Å². The van der Waals surface area contributed by atoms with E-state index >= 15 is 0 Å². The molecule has 0 unspecified atom stereocenters. The smallest absolute Gasteiger partial charge is 0.269 e. The number of hydrogen-bond donors (Lipinski definition) is 2. The Bertz CT molecular complexity index is 1300. The minimum atomic E-state index is -0.654. The minimum Gasteiger partial charge on any atom is -0.349 e. The van der Waals surface area contributed by atoms with Gasteiger partial charge in [0, 0.05) is 29.4 Å². The zero-order valence-electron chi connectivity index (χ0n) is 17.1. The molecule has 4 aromatic rings. The second-order valence-corrected chi connectivity index (χ2v) is 7.94. The summed E-state index contributed by atoms with van der Waals surface area (Å²) in [7, 11) is 0. The van der Waals surface area contributed by atoms with Crippen LogP contribution in [0.3, 0.4) is 0 Å². The number of aromatic amines is 1. The number of halogens is 1. The molecule has 7 heteroatoms. The van der Waals surface area contributed by atoms with Gasteiger partial charge in [-0.25, -0.2) is 14.4 Å². The highest BCUT2D eigenvalue weighted by atomic mass is 19.1. The molecule has 0 saturated carbocycles. The Labute approximate surface area is 178 Å². The summed E-state index contributed by atoms with van der Waals surface area (Å²) < 4.78 is 13.2. The monoisotopic (exact) mass is 413 g/mol. The van der Waals surface area contributed by atoms with Crippen molar-refractivity contribution in [3.05, 3.63) is 72.3 Å². The SMILES string of the molecule is CC(C)(C#N)CNC(=O)c1cccc(-c2cnc3[nH]c(-c4ccc(F)cc4)cc3c2)n1. The Morgan fingerprint density at radius 3 is 2.68 bits per heavy atom. The van der Waals surface area contributed by atoms with Crippen LogP contribution < -0.4 is 5.32 Å². The number of amides is 1. The third kappa shape index (κ3) is 4.43. The Morgan fingerprint density at radius 2 is 1.94 bits per heavy atom. The van der Waals surface area contributed by atoms with Gasteiger partial charge in [-0.05, 0) is 67.9 Å². The molecule has 0 saturated heterocycles. The number of nitriles is 1. The molecule has 0 fully saturated rings. The summed E-state index contributed by atoms with van der Waals surface area (Å²) in [6, 6.07) is 17.5. The zero-order valence-corrected chi connectivity index (χ0v) is 17.1. The number of hydrogen-bond acceptors (Lipinski definition) is 4. The highest BCUT2D eigenvalue weighted by Crippen LogP contribution is 2.26. The van der Waals surface area contributed by atoms with Gasteiger partial charge in [0.25, 0.3) is 5.91 Å². The topological polar surface area (TPSA) is 94.5 Å². The molecule has 2 N–H and O–H groups in total. The first-order chi connectivity index (χ1) is 14.8. The molecule has 3 heterocycles. The lowest BCUT2D eigenvalue weighted by atomic mass is 9.96. The lowest BCUT2D eigenvalue weighted by Gasteiger charge is -2.15. The van der Waals surface area contributed by atoms with Gasteiger partial charge in [0.1, 0.15) is 17.2 Å². The standard InChI is InChI=1S/C24H20FN5O/c1-24(2,13-26)14-28-23(31)20-5-3-4-19(29-20)17-10-16-11-21(30-22(16)27-12-17)15-6-8-18(25)9-7-15/h3-12H,14H2,1-2H3,(H,27,30)(H,28,31). The lowest BCUT2D eigenvalue weighted by molar-refractivity contribution is 0.0939. The molecular weight excluding hydrogens is 393 g/mol. The number of nitrogens with one attached hydrogen (secondary N) is 2. The summed E-state index contributed by atoms with van der Waals surface area (Å²) in [5, 5.41) is 12.7. The summed E-state index contributed by atoms with van der Waals surface area (Å²) in [6.45, 7) is 3.75. The second kappa shape index (κ2) is 8.00. The molecule has 1 aromatic carbocycles. The van der Waals surface area contributed by atoms with Crippen LogP contribution in [-0.2, 0) is 0 Å². The van der Waals surface area contributed by atoms with Gasteiger partial charge in [-0.3, -0.25) is 4.79 Å². The molecule has 0 aliphatic carbocycles. The molecule has 0 aliphatic rings. The van der Waals surface area contributed by atoms with E-state index in [-0.39, 0.29) is 24.0 Å². The van der Waals surface area contributed by atoms with Crippen molar-refractivity contribution in [3.63, 3.8) is 0 Å². The summed E-state index contributed by atoms with van der Waals surface area (Å²) in [6.07, 6.45) is 1.69. The van der Waals surface area contributed by atoms with E-state index in [4.69, 9.17) is 5.26 Å². The second-order valence-electron chi connectivity index (χ2n) is 7.94. The number of fused-ring (bicyclic) bond motifs is 1. The van der Waals surface area contributed by atoms with Crippen molar-refractivity contribution in [1.29, 1.82) is 5.26 Å². The number of benzene rings is 1. The highest BCUT2D eigenvalue weighted by Gasteiger charge is 2.19. The largest absolute Gasteiger partial charge is 0.349 e. The fourth-order valence-electron chi connectivity index (χ4n) is 3.09. The molecule has 0 atom stereocenters. The van der Waals surface area contributed by atoms with Gasteiger partial charge in [0.15, 0.2) is 0 Å². The average Bonchev–Trinajstić information content (AvgIpc) is 3.21. The molecule has 4 rings (SSSR count). The maximum atomic E-state index is 13.2. The van der Waals surface area contributed by atoms with E-state index in [2.05, 4.69) is 26.3 Å². The summed E-state index contributed by atoms with van der Waals surface area (Å²) in [5.74, 6) is -0.620. The molecule has 31 heavy (non-hydrogen) atoms. The van der Waals surface area contributed by atoms with E-state index in [1.807, 2.05) is 18.2 Å². The van der Waals surface area contributed by atoms with Gasteiger partial charge in [0.05, 0.1) is 17.2 Å². The minimum absolute atomic E-state index is 0.233. The van der Waals surface area contributed by atoms with E-state index in [1.165, 1.54) is 12.1 Å². The van der Waals surface area contributed by atoms with Gasteiger partial charge in [-0.1, -0.05) is 6.07 Å². The van der Waals surface area contributed by atoms with Gasteiger partial charge in [-0.2, -0.15) is 5.26 Å². The van der Waals surface area contributed by atoms with Crippen LogP contribution in [0.25, 0.3) is 33.5 Å². The fraction of sp³-hybridized carbons (Fsp3) is 0.167. The van der Waals surface area contributed by atoms with Gasteiger partial charge >= 0.3 is 0 Å². The van der Waals surface area contributed by atoms with E-state index in [0.717, 1.165) is 22.2 Å². The Hall–Kier alpha value is -4.05. The van der Waals surface area contributed by atoms with Gasteiger partial charge in [-0.15, -0.1) is 0 Å². The van der Waals surface area contributed by atoms with Crippen molar-refractivity contribution in [2.24, 2.45) is 5.41 Å². The number of pyridine rings is 2. The summed E-state index contributed by atoms with van der Waals surface area (Å²) >= 11 is 0. The zero-order chi connectivity index (χ0) is 22.0. The van der Waals surface area contributed by atoms with Crippen molar-refractivity contribution in [2.45, 2.75) is 13.8 Å². The van der Waals surface area contributed by atoms with E-state index in [0.29, 0.717) is 11.3 Å². The quantitative estimate of drug-likeness (QED) is 0.495. The predicted molar refractivity (Wildman–Crippen MR) is 116 cm³/mol. The van der Waals surface area contributed by atoms with Crippen molar-refractivity contribution >= 4 is 16.9 Å². The lowest BCUT2D eigenvalue weighted by Crippen LogP contribution is -2.33. The summed E-state index contributed by atoms with van der Waals surface area (Å²) in [5.41, 5.74) is 3.40. The molecule has 0 spiro atoms. The number of aromatic nitrogens is 3. The fourth-order valence-corrected chi connectivity index (χ4v) is 3.09. The van der Waals surface area contributed by atoms with Crippen molar-refractivity contribution in [3.8, 4) is 28.6 Å². The average molecular weight is 413 g/mol. The van der Waals surface area contributed by atoms with Gasteiger partial charge < -0.3 is 10.3 Å². The molecule has 0 radical (unpaired) electrons. The number of carbonyl (C=O) groups is 1. The van der Waals surface area contributed by atoms with Crippen LogP contribution >= 0.6 is 0 Å². The maximum Gasteiger partial charge on any atom is 0.269 e. The molecular formula is C24H20FN5O. The molecule has 6 nitrogen and oxygen atoms in total. The van der Waals surface area contributed by atoms with Crippen LogP contribution in [0.15, 0.2) is 60.8 Å². The number of rotatable bonds is 5. The molecule has 154 valence electrons. The molecule has 0 bridgehead atoms. The number of carbonyl (C=O) groups excluding carboxylic acids is 1. The van der Waals surface area contributed by atoms with E-state index in [1.54, 1.807) is 44.3 Å². The molecule has 0 aliphatic heterocycles. The molecule has 1 amide bonds. The first-order valence-electron chi connectivity index (χ1n) is 9.76. The summed E-state index contributed by atoms with van der Waals surface area (Å²) in [4.78, 5) is 24.6. The van der Waals surface area contributed by atoms with Crippen LogP contribution in [0.4, 0.5) is 4.39 Å². The van der Waals surface area contributed by atoms with Crippen molar-refractivity contribution < 1.29 is 9.18 Å². The Morgan fingerprint density at radius 1 is 1.16 bits per heavy atom. The van der Waals surface area contributed by atoms with Crippen LogP contribution in [0.1, 0.15) is 24.3 Å². The van der Waals surface area contributed by atoms with Crippen molar-refractivity contribution in [1.82, 2.24) is 20.3 Å². The third-order valence-corrected chi connectivity index (χ3v) is 4.90. The number of H-pyrrole nitrogens is 1. The molecule has 3 aromatic heterocycles. The Balaban J connectivity index is 1.60. The number of nitrogens with zero attached hydrogens (tertiary/aromatic N) is 3. The highest BCUT2D eigenvalue weighted by molar-refractivity contribution is 5.93. The van der Waals surface area contributed by atoms with E-state index < -0.39 is 5.41 Å². The first kappa shape index (κ1) is 20.2. The van der Waals surface area contributed by atoms with Crippen LogP contribution in [0.5, 0.6) is 0 Å². The van der Waals surface area contributed by atoms with Gasteiger partial charge in [0.2, 0.25) is 0 Å². The normalized spacial score (nSPS) is 11.3. The van der Waals surface area contributed by atoms with Crippen LogP contribution in [-0.4, -0.2) is 27.4 Å².